The number of hydrogen-bond acceptors (Lipinski definition) is 6. The fourth-order valence-corrected chi connectivity index (χ4v) is 5.51. The lowest BCUT2D eigenvalue weighted by Gasteiger charge is -2.20. The molecule has 0 radical (unpaired) electrons. The number of nitrogens with zero attached hydrogens (tertiary/aromatic N) is 1. The molecule has 0 saturated carbocycles. The van der Waals surface area contributed by atoms with Crippen LogP contribution in [0.5, 0.6) is 5.75 Å². The van der Waals surface area contributed by atoms with Crippen molar-refractivity contribution in [2.45, 2.75) is 36.6 Å². The van der Waals surface area contributed by atoms with Gasteiger partial charge < -0.3 is 10.4 Å². The maximum Gasteiger partial charge on any atom is 0.244 e. The van der Waals surface area contributed by atoms with Crippen LogP contribution in [0.4, 0.5) is 10.1 Å². The highest BCUT2D eigenvalue weighted by atomic mass is 32.2. The van der Waals surface area contributed by atoms with Gasteiger partial charge in [0.05, 0.1) is 16.6 Å². The molecule has 0 spiro atoms. The molecule has 3 N–H and O–H groups in total. The molecular weight excluding hydrogens is 449 g/mol. The van der Waals surface area contributed by atoms with Gasteiger partial charge in [0.2, 0.25) is 26.0 Å². The number of phenolic OH excluding ortho intramolecular Hbond substituents is 1. The summed E-state index contributed by atoms with van der Waals surface area (Å²) in [6.45, 7) is 5.04. The summed E-state index contributed by atoms with van der Waals surface area (Å²) in [7, 11) is -8.19. The first-order chi connectivity index (χ1) is 14.4. The van der Waals surface area contributed by atoms with Crippen LogP contribution in [0.2, 0.25) is 0 Å². The average Bonchev–Trinajstić information content (AvgIpc) is 2.70. The lowest BCUT2D eigenvalue weighted by Crippen LogP contribution is -2.41. The number of sulfonamides is 2. The van der Waals surface area contributed by atoms with Crippen molar-refractivity contribution in [3.8, 4) is 5.75 Å². The summed E-state index contributed by atoms with van der Waals surface area (Å²) in [6, 6.07) is 6.72. The highest BCUT2D eigenvalue weighted by Crippen LogP contribution is 2.28. The van der Waals surface area contributed by atoms with E-state index in [0.29, 0.717) is 0 Å². The van der Waals surface area contributed by atoms with Crippen molar-refractivity contribution in [2.24, 2.45) is 0 Å². The molecule has 1 amide bonds. The molecule has 0 fully saturated rings. The standard InChI is InChI=1S/C19H24FN3O6S2/c1-4-23(5-2)31(28,29)14-10-11-17(24)16(12-14)21-19(25)13(3)22-30(26,27)18-9-7-6-8-15(18)20/h6-13,22,24H,4-5H2,1-3H3,(H,21,25)/t13-/m0/s1. The van der Waals surface area contributed by atoms with E-state index in [1.807, 2.05) is 4.72 Å². The number of nitrogens with one attached hydrogen (secondary N) is 2. The number of carbonyl (C=O) groups is 1. The Morgan fingerprint density at radius 2 is 1.71 bits per heavy atom. The van der Waals surface area contributed by atoms with Gasteiger partial charge in [-0.25, -0.2) is 21.2 Å². The first kappa shape index (κ1) is 24.7. The Morgan fingerprint density at radius 3 is 2.29 bits per heavy atom. The summed E-state index contributed by atoms with van der Waals surface area (Å²) >= 11 is 0. The van der Waals surface area contributed by atoms with Crippen LogP contribution in [-0.2, 0) is 24.8 Å². The summed E-state index contributed by atoms with van der Waals surface area (Å²) in [5.41, 5.74) is -0.213. The molecule has 170 valence electrons. The Kier molecular flexibility index (Phi) is 7.76. The lowest BCUT2D eigenvalue weighted by molar-refractivity contribution is -0.117. The maximum absolute atomic E-state index is 13.8. The fourth-order valence-electron chi connectivity index (χ4n) is 2.74. The summed E-state index contributed by atoms with van der Waals surface area (Å²) in [4.78, 5) is 11.7. The number of aromatic hydroxyl groups is 1. The molecule has 0 aromatic heterocycles. The van der Waals surface area contributed by atoms with Crippen LogP contribution in [0.3, 0.4) is 0 Å². The van der Waals surface area contributed by atoms with Crippen LogP contribution >= 0.6 is 0 Å². The molecule has 0 saturated heterocycles. The Labute approximate surface area is 181 Å². The Morgan fingerprint density at radius 1 is 1.10 bits per heavy atom. The Bertz CT molecular complexity index is 1160. The van der Waals surface area contributed by atoms with Gasteiger partial charge in [0.25, 0.3) is 0 Å². The molecule has 0 unspecified atom stereocenters. The summed E-state index contributed by atoms with van der Waals surface area (Å²) in [5, 5.41) is 12.3. The zero-order chi connectivity index (χ0) is 23.4. The lowest BCUT2D eigenvalue weighted by atomic mass is 10.2. The molecule has 12 heteroatoms. The zero-order valence-corrected chi connectivity index (χ0v) is 18.8. The number of amides is 1. The summed E-state index contributed by atoms with van der Waals surface area (Å²) in [6.07, 6.45) is 0. The normalized spacial score (nSPS) is 13.2. The molecule has 0 heterocycles. The SMILES string of the molecule is CCN(CC)S(=O)(=O)c1ccc(O)c(NC(=O)[C@H](C)NS(=O)(=O)c2ccccc2F)c1. The number of anilines is 1. The molecule has 0 aliphatic rings. The molecular formula is C19H24FN3O6S2. The van der Waals surface area contributed by atoms with Crippen molar-refractivity contribution >= 4 is 31.6 Å². The number of carbonyl (C=O) groups excluding carboxylic acids is 1. The van der Waals surface area contributed by atoms with Crippen molar-refractivity contribution in [1.82, 2.24) is 9.03 Å². The highest BCUT2D eigenvalue weighted by molar-refractivity contribution is 7.89. The van der Waals surface area contributed by atoms with Crippen LogP contribution in [-0.4, -0.2) is 51.3 Å². The molecule has 2 aromatic carbocycles. The number of rotatable bonds is 9. The molecule has 2 rings (SSSR count). The van der Waals surface area contributed by atoms with Gasteiger partial charge in [0, 0.05) is 13.1 Å². The van der Waals surface area contributed by atoms with E-state index >= 15 is 0 Å². The topological polar surface area (TPSA) is 133 Å². The van der Waals surface area contributed by atoms with Gasteiger partial charge in [-0.15, -0.1) is 0 Å². The van der Waals surface area contributed by atoms with E-state index < -0.39 is 48.5 Å². The zero-order valence-electron chi connectivity index (χ0n) is 17.2. The highest BCUT2D eigenvalue weighted by Gasteiger charge is 2.26. The fraction of sp³-hybridized carbons (Fsp3) is 0.316. The maximum atomic E-state index is 13.8. The molecule has 9 nitrogen and oxygen atoms in total. The van der Waals surface area contributed by atoms with E-state index in [0.717, 1.165) is 24.3 Å². The van der Waals surface area contributed by atoms with Crippen molar-refractivity contribution in [3.63, 3.8) is 0 Å². The van der Waals surface area contributed by atoms with E-state index in [1.54, 1.807) is 13.8 Å². The second-order valence-corrected chi connectivity index (χ2v) is 10.2. The number of halogens is 1. The van der Waals surface area contributed by atoms with Crippen molar-refractivity contribution in [1.29, 1.82) is 0 Å². The largest absolute Gasteiger partial charge is 0.506 e. The second kappa shape index (κ2) is 9.73. The predicted octanol–water partition coefficient (Wildman–Crippen LogP) is 1.87. The van der Waals surface area contributed by atoms with Gasteiger partial charge >= 0.3 is 0 Å². The number of hydrogen-bond donors (Lipinski definition) is 3. The summed E-state index contributed by atoms with van der Waals surface area (Å²) < 4.78 is 67.1. The molecule has 31 heavy (non-hydrogen) atoms. The Hall–Kier alpha value is -2.54. The molecule has 0 aliphatic heterocycles. The van der Waals surface area contributed by atoms with Gasteiger partial charge in [0.1, 0.15) is 16.5 Å². The Balaban J connectivity index is 2.24. The van der Waals surface area contributed by atoms with E-state index in [1.165, 1.54) is 29.4 Å². The molecule has 0 bridgehead atoms. The van der Waals surface area contributed by atoms with Crippen LogP contribution < -0.4 is 10.0 Å². The first-order valence-electron chi connectivity index (χ1n) is 9.35. The molecule has 0 aliphatic carbocycles. The number of phenols is 1. The second-order valence-electron chi connectivity index (χ2n) is 6.53. The van der Waals surface area contributed by atoms with Crippen molar-refractivity contribution < 1.29 is 31.1 Å². The third-order valence-electron chi connectivity index (χ3n) is 4.42. The molecule has 1 atom stereocenters. The monoisotopic (exact) mass is 473 g/mol. The predicted molar refractivity (Wildman–Crippen MR) is 113 cm³/mol. The minimum Gasteiger partial charge on any atom is -0.506 e. The quantitative estimate of drug-likeness (QED) is 0.476. The third-order valence-corrected chi connectivity index (χ3v) is 8.04. The number of benzene rings is 2. The van der Waals surface area contributed by atoms with Gasteiger partial charge in [-0.2, -0.15) is 9.03 Å². The minimum absolute atomic E-state index is 0.149. The van der Waals surface area contributed by atoms with Gasteiger partial charge in [-0.3, -0.25) is 4.79 Å². The third kappa shape index (κ3) is 5.58. The van der Waals surface area contributed by atoms with Crippen LogP contribution in [0, 0.1) is 5.82 Å². The van der Waals surface area contributed by atoms with E-state index in [2.05, 4.69) is 5.32 Å². The smallest absolute Gasteiger partial charge is 0.244 e. The van der Waals surface area contributed by atoms with Crippen LogP contribution in [0.15, 0.2) is 52.3 Å². The minimum atomic E-state index is -4.34. The van der Waals surface area contributed by atoms with Crippen LogP contribution in [0.1, 0.15) is 20.8 Å². The van der Waals surface area contributed by atoms with Gasteiger partial charge in [0.15, 0.2) is 0 Å². The van der Waals surface area contributed by atoms with Gasteiger partial charge in [-0.05, 0) is 37.3 Å². The molecule has 2 aromatic rings. The van der Waals surface area contributed by atoms with Crippen molar-refractivity contribution in [2.75, 3.05) is 18.4 Å². The van der Waals surface area contributed by atoms with Crippen molar-refractivity contribution in [3.05, 3.63) is 48.3 Å². The average molecular weight is 474 g/mol. The van der Waals surface area contributed by atoms with Gasteiger partial charge in [-0.1, -0.05) is 26.0 Å². The van der Waals surface area contributed by atoms with Crippen LogP contribution in [0.25, 0.3) is 0 Å². The first-order valence-corrected chi connectivity index (χ1v) is 12.3. The van der Waals surface area contributed by atoms with E-state index in [4.69, 9.17) is 0 Å². The van der Waals surface area contributed by atoms with E-state index in [-0.39, 0.29) is 23.7 Å². The van der Waals surface area contributed by atoms with E-state index in [9.17, 15) is 31.1 Å². The summed E-state index contributed by atoms with van der Waals surface area (Å²) in [5.74, 6) is -2.27.